The SMILES string of the molecule is CSCC[C@H](N)C(=O)Nc1nc(C(C)=O)cs1. The molecule has 0 saturated heterocycles. The lowest BCUT2D eigenvalue weighted by Crippen LogP contribution is -2.36. The fourth-order valence-electron chi connectivity index (χ4n) is 1.07. The van der Waals surface area contributed by atoms with Crippen molar-refractivity contribution < 1.29 is 9.59 Å². The van der Waals surface area contributed by atoms with E-state index in [0.29, 0.717) is 17.2 Å². The van der Waals surface area contributed by atoms with Crippen LogP contribution in [0.1, 0.15) is 23.8 Å². The van der Waals surface area contributed by atoms with Crippen LogP contribution >= 0.6 is 23.1 Å². The van der Waals surface area contributed by atoms with Crippen LogP contribution in [0, 0.1) is 0 Å². The van der Waals surface area contributed by atoms with Gasteiger partial charge in [-0.3, -0.25) is 9.59 Å². The third kappa shape index (κ3) is 4.45. The summed E-state index contributed by atoms with van der Waals surface area (Å²) in [5.74, 6) is 0.461. The fourth-order valence-corrected chi connectivity index (χ4v) is 2.31. The lowest BCUT2D eigenvalue weighted by atomic mass is 10.2. The van der Waals surface area contributed by atoms with Crippen molar-refractivity contribution in [1.29, 1.82) is 0 Å². The zero-order valence-electron chi connectivity index (χ0n) is 9.73. The van der Waals surface area contributed by atoms with Crippen molar-refractivity contribution in [3.8, 4) is 0 Å². The normalized spacial score (nSPS) is 12.2. The summed E-state index contributed by atoms with van der Waals surface area (Å²) >= 11 is 2.87. The van der Waals surface area contributed by atoms with Gasteiger partial charge < -0.3 is 11.1 Å². The summed E-state index contributed by atoms with van der Waals surface area (Å²) in [4.78, 5) is 26.6. The van der Waals surface area contributed by atoms with Crippen molar-refractivity contribution in [3.05, 3.63) is 11.1 Å². The molecule has 0 bridgehead atoms. The largest absolute Gasteiger partial charge is 0.320 e. The van der Waals surface area contributed by atoms with Gasteiger partial charge in [-0.05, 0) is 18.4 Å². The van der Waals surface area contributed by atoms with Crippen LogP contribution in [-0.2, 0) is 4.79 Å². The lowest BCUT2D eigenvalue weighted by Gasteiger charge is -2.09. The molecule has 0 aromatic carbocycles. The first kappa shape index (κ1) is 14.1. The summed E-state index contributed by atoms with van der Waals surface area (Å²) in [5.41, 5.74) is 6.07. The second-order valence-corrected chi connectivity index (χ2v) is 5.32. The fraction of sp³-hybridized carbons (Fsp3) is 0.500. The van der Waals surface area contributed by atoms with Gasteiger partial charge in [0.15, 0.2) is 10.9 Å². The smallest absolute Gasteiger partial charge is 0.243 e. The standard InChI is InChI=1S/C10H15N3O2S2/c1-6(14)8-5-17-10(12-8)13-9(15)7(11)3-4-16-2/h5,7H,3-4,11H2,1-2H3,(H,12,13,15)/t7-/m0/s1. The van der Waals surface area contributed by atoms with Crippen LogP contribution in [0.15, 0.2) is 5.38 Å². The van der Waals surface area contributed by atoms with Gasteiger partial charge in [0.25, 0.3) is 0 Å². The Morgan fingerprint density at radius 1 is 1.65 bits per heavy atom. The molecule has 1 rings (SSSR count). The van der Waals surface area contributed by atoms with E-state index in [0.717, 1.165) is 5.75 Å². The van der Waals surface area contributed by atoms with Crippen molar-refractivity contribution >= 4 is 39.9 Å². The number of anilines is 1. The van der Waals surface area contributed by atoms with Crippen LogP contribution in [0.2, 0.25) is 0 Å². The molecule has 1 aromatic heterocycles. The Kier molecular flexibility index (Phi) is 5.60. The van der Waals surface area contributed by atoms with Gasteiger partial charge in [-0.15, -0.1) is 11.3 Å². The minimum atomic E-state index is -0.535. The molecule has 1 heterocycles. The highest BCUT2D eigenvalue weighted by Gasteiger charge is 2.15. The summed E-state index contributed by atoms with van der Waals surface area (Å²) in [7, 11) is 0. The lowest BCUT2D eigenvalue weighted by molar-refractivity contribution is -0.117. The highest BCUT2D eigenvalue weighted by molar-refractivity contribution is 7.98. The van der Waals surface area contributed by atoms with E-state index in [1.54, 1.807) is 17.1 Å². The van der Waals surface area contributed by atoms with Crippen molar-refractivity contribution in [1.82, 2.24) is 4.98 Å². The van der Waals surface area contributed by atoms with Gasteiger partial charge in [-0.2, -0.15) is 11.8 Å². The molecule has 5 nitrogen and oxygen atoms in total. The molecule has 3 N–H and O–H groups in total. The van der Waals surface area contributed by atoms with Crippen LogP contribution in [-0.4, -0.2) is 34.7 Å². The Bertz CT molecular complexity index is 406. The van der Waals surface area contributed by atoms with Crippen molar-refractivity contribution in [3.63, 3.8) is 0 Å². The number of aromatic nitrogens is 1. The second kappa shape index (κ2) is 6.73. The Hall–Kier alpha value is -0.920. The number of carbonyl (C=O) groups is 2. The topological polar surface area (TPSA) is 85.1 Å². The molecule has 1 amide bonds. The zero-order valence-corrected chi connectivity index (χ0v) is 11.4. The first-order chi connectivity index (χ1) is 8.04. The predicted molar refractivity (Wildman–Crippen MR) is 71.7 cm³/mol. The minimum Gasteiger partial charge on any atom is -0.320 e. The molecule has 1 aromatic rings. The van der Waals surface area contributed by atoms with Crippen molar-refractivity contribution in [2.45, 2.75) is 19.4 Å². The van der Waals surface area contributed by atoms with E-state index in [-0.39, 0.29) is 11.7 Å². The van der Waals surface area contributed by atoms with Gasteiger partial charge in [-0.1, -0.05) is 0 Å². The van der Waals surface area contributed by atoms with Gasteiger partial charge in [0.2, 0.25) is 5.91 Å². The second-order valence-electron chi connectivity index (χ2n) is 3.47. The number of nitrogens with one attached hydrogen (secondary N) is 1. The third-order valence-electron chi connectivity index (χ3n) is 2.06. The number of thiazole rings is 1. The molecule has 0 aliphatic rings. The van der Waals surface area contributed by atoms with Crippen LogP contribution in [0.3, 0.4) is 0 Å². The highest BCUT2D eigenvalue weighted by Crippen LogP contribution is 2.16. The average molecular weight is 273 g/mol. The minimum absolute atomic E-state index is 0.117. The van der Waals surface area contributed by atoms with Crippen LogP contribution in [0.5, 0.6) is 0 Å². The number of Topliss-reactive ketones (excluding diaryl/α,β-unsaturated/α-hetero) is 1. The average Bonchev–Trinajstić information content (AvgIpc) is 2.74. The number of nitrogens with zero attached hydrogens (tertiary/aromatic N) is 1. The summed E-state index contributed by atoms with van der Waals surface area (Å²) in [5, 5.41) is 4.64. The van der Waals surface area contributed by atoms with E-state index < -0.39 is 6.04 Å². The Labute approximate surface area is 108 Å². The molecule has 0 radical (unpaired) electrons. The molecule has 0 aliphatic heterocycles. The van der Waals surface area contributed by atoms with Crippen LogP contribution in [0.4, 0.5) is 5.13 Å². The Morgan fingerprint density at radius 2 is 2.35 bits per heavy atom. The van der Waals surface area contributed by atoms with Gasteiger partial charge in [0.1, 0.15) is 5.69 Å². The summed E-state index contributed by atoms with van der Waals surface area (Å²) in [6, 6.07) is -0.535. The van der Waals surface area contributed by atoms with E-state index >= 15 is 0 Å². The number of hydrogen-bond acceptors (Lipinski definition) is 6. The number of hydrogen-bond donors (Lipinski definition) is 2. The maximum Gasteiger partial charge on any atom is 0.243 e. The quantitative estimate of drug-likeness (QED) is 0.765. The molecule has 7 heteroatoms. The van der Waals surface area contributed by atoms with Crippen LogP contribution in [0.25, 0.3) is 0 Å². The summed E-state index contributed by atoms with van der Waals surface area (Å²) in [6.07, 6.45) is 2.59. The van der Waals surface area contributed by atoms with E-state index in [2.05, 4.69) is 10.3 Å². The van der Waals surface area contributed by atoms with Gasteiger partial charge in [-0.25, -0.2) is 4.98 Å². The molecule has 94 valence electrons. The predicted octanol–water partition coefficient (Wildman–Crippen LogP) is 1.36. The zero-order chi connectivity index (χ0) is 12.8. The van der Waals surface area contributed by atoms with E-state index in [1.165, 1.54) is 18.3 Å². The van der Waals surface area contributed by atoms with Crippen LogP contribution < -0.4 is 11.1 Å². The van der Waals surface area contributed by atoms with E-state index in [9.17, 15) is 9.59 Å². The van der Waals surface area contributed by atoms with Gasteiger partial charge >= 0.3 is 0 Å². The van der Waals surface area contributed by atoms with E-state index in [1.807, 2.05) is 6.26 Å². The highest BCUT2D eigenvalue weighted by atomic mass is 32.2. The van der Waals surface area contributed by atoms with Crippen molar-refractivity contribution in [2.75, 3.05) is 17.3 Å². The molecule has 0 saturated carbocycles. The number of thioether (sulfide) groups is 1. The van der Waals surface area contributed by atoms with E-state index in [4.69, 9.17) is 5.73 Å². The number of nitrogens with two attached hydrogens (primary N) is 1. The first-order valence-electron chi connectivity index (χ1n) is 5.06. The van der Waals surface area contributed by atoms with Crippen molar-refractivity contribution in [2.24, 2.45) is 5.73 Å². The molecule has 17 heavy (non-hydrogen) atoms. The number of amides is 1. The number of carbonyl (C=O) groups excluding carboxylic acids is 2. The maximum absolute atomic E-state index is 11.6. The first-order valence-corrected chi connectivity index (χ1v) is 7.33. The molecule has 0 fully saturated rings. The number of ketones is 1. The Balaban J connectivity index is 2.52. The summed E-state index contributed by atoms with van der Waals surface area (Å²) < 4.78 is 0. The maximum atomic E-state index is 11.6. The number of rotatable bonds is 6. The monoisotopic (exact) mass is 273 g/mol. The molecular formula is C10H15N3O2S2. The molecule has 0 spiro atoms. The van der Waals surface area contributed by atoms with Gasteiger partial charge in [0, 0.05) is 12.3 Å². The Morgan fingerprint density at radius 3 is 2.88 bits per heavy atom. The molecule has 0 unspecified atom stereocenters. The molecular weight excluding hydrogens is 258 g/mol. The third-order valence-corrected chi connectivity index (χ3v) is 3.47. The molecule has 0 aliphatic carbocycles. The summed E-state index contributed by atoms with van der Waals surface area (Å²) in [6.45, 7) is 1.44. The molecule has 1 atom stereocenters. The van der Waals surface area contributed by atoms with Gasteiger partial charge in [0.05, 0.1) is 6.04 Å².